The van der Waals surface area contributed by atoms with Crippen molar-refractivity contribution in [3.8, 4) is 0 Å². The van der Waals surface area contributed by atoms with E-state index in [0.29, 0.717) is 12.2 Å². The standard InChI is InChI=1S/C19H34N2O5/c1-9-13(3)15(20-18(24)26-19(5,6)7)16(22)21(8)12-11-14(4)17(23)25-10-2/h11,13,15H,9-10,12H2,1-8H3,(H,20,24)/b14-11+. The summed E-state index contributed by atoms with van der Waals surface area (Å²) >= 11 is 0. The molecule has 0 radical (unpaired) electrons. The molecule has 0 saturated heterocycles. The molecule has 0 aromatic rings. The van der Waals surface area contributed by atoms with Crippen LogP contribution in [0.3, 0.4) is 0 Å². The van der Waals surface area contributed by atoms with Crippen molar-refractivity contribution in [3.63, 3.8) is 0 Å². The van der Waals surface area contributed by atoms with E-state index in [2.05, 4.69) is 5.32 Å². The van der Waals surface area contributed by atoms with E-state index in [1.165, 1.54) is 4.90 Å². The second-order valence-electron chi connectivity index (χ2n) is 7.34. The summed E-state index contributed by atoms with van der Waals surface area (Å²) in [5.74, 6) is -0.704. The maximum absolute atomic E-state index is 12.8. The highest BCUT2D eigenvalue weighted by Crippen LogP contribution is 2.13. The smallest absolute Gasteiger partial charge is 0.408 e. The van der Waals surface area contributed by atoms with Crippen molar-refractivity contribution >= 4 is 18.0 Å². The number of carbonyl (C=O) groups excluding carboxylic acids is 3. The molecule has 1 N–H and O–H groups in total. The summed E-state index contributed by atoms with van der Waals surface area (Å²) in [5, 5.41) is 2.67. The largest absolute Gasteiger partial charge is 0.463 e. The van der Waals surface area contributed by atoms with Crippen molar-refractivity contribution in [2.24, 2.45) is 5.92 Å². The quantitative estimate of drug-likeness (QED) is 0.524. The summed E-state index contributed by atoms with van der Waals surface area (Å²) in [5.41, 5.74) is -0.204. The van der Waals surface area contributed by atoms with Crippen LogP contribution in [-0.2, 0) is 19.1 Å². The molecule has 7 nitrogen and oxygen atoms in total. The number of hydrogen-bond donors (Lipinski definition) is 1. The van der Waals surface area contributed by atoms with Crippen LogP contribution in [0.4, 0.5) is 4.79 Å². The summed E-state index contributed by atoms with van der Waals surface area (Å²) in [6.07, 6.45) is 1.73. The predicted molar refractivity (Wildman–Crippen MR) is 101 cm³/mol. The lowest BCUT2D eigenvalue weighted by Gasteiger charge is -2.29. The van der Waals surface area contributed by atoms with Crippen LogP contribution in [0.1, 0.15) is 54.9 Å². The van der Waals surface area contributed by atoms with E-state index >= 15 is 0 Å². The first-order valence-corrected chi connectivity index (χ1v) is 9.01. The van der Waals surface area contributed by atoms with Crippen LogP contribution in [0, 0.1) is 5.92 Å². The number of nitrogens with one attached hydrogen (secondary N) is 1. The third-order valence-corrected chi connectivity index (χ3v) is 3.80. The Morgan fingerprint density at radius 2 is 1.77 bits per heavy atom. The van der Waals surface area contributed by atoms with Crippen molar-refractivity contribution in [1.29, 1.82) is 0 Å². The van der Waals surface area contributed by atoms with Gasteiger partial charge in [-0.3, -0.25) is 4.79 Å². The molecule has 2 amide bonds. The van der Waals surface area contributed by atoms with Crippen molar-refractivity contribution in [2.45, 2.75) is 66.5 Å². The molecule has 0 aromatic heterocycles. The van der Waals surface area contributed by atoms with E-state index in [0.717, 1.165) is 6.42 Å². The second kappa shape index (κ2) is 10.8. The predicted octanol–water partition coefficient (Wildman–Crippen LogP) is 2.89. The van der Waals surface area contributed by atoms with Gasteiger partial charge in [0, 0.05) is 19.2 Å². The zero-order chi connectivity index (χ0) is 20.5. The normalized spacial score (nSPS) is 14.2. The lowest BCUT2D eigenvalue weighted by molar-refractivity contribution is -0.138. The summed E-state index contributed by atoms with van der Waals surface area (Å²) in [6.45, 7) is 13.1. The number of alkyl carbamates (subject to hydrolysis) is 1. The molecule has 0 bridgehead atoms. The van der Waals surface area contributed by atoms with Gasteiger partial charge in [0.25, 0.3) is 0 Å². The number of likely N-dealkylation sites (N-methyl/N-ethyl adjacent to an activating group) is 1. The molecular formula is C19H34N2O5. The number of esters is 1. The van der Waals surface area contributed by atoms with Gasteiger partial charge in [0.15, 0.2) is 0 Å². The molecule has 0 saturated carbocycles. The maximum atomic E-state index is 12.8. The average Bonchev–Trinajstić information content (AvgIpc) is 2.54. The van der Waals surface area contributed by atoms with Crippen LogP contribution in [-0.4, -0.2) is 54.7 Å². The van der Waals surface area contributed by atoms with Crippen LogP contribution >= 0.6 is 0 Å². The van der Waals surface area contributed by atoms with Gasteiger partial charge in [-0.15, -0.1) is 0 Å². The Kier molecular flexibility index (Phi) is 9.98. The Labute approximate surface area is 157 Å². The molecular weight excluding hydrogens is 336 g/mol. The summed E-state index contributed by atoms with van der Waals surface area (Å²) in [4.78, 5) is 37.9. The van der Waals surface area contributed by atoms with Crippen LogP contribution in [0.2, 0.25) is 0 Å². The van der Waals surface area contributed by atoms with Gasteiger partial charge in [-0.25, -0.2) is 9.59 Å². The minimum atomic E-state index is -0.698. The Morgan fingerprint density at radius 3 is 2.23 bits per heavy atom. The third-order valence-electron chi connectivity index (χ3n) is 3.80. The van der Waals surface area contributed by atoms with Gasteiger partial charge in [0.2, 0.25) is 5.91 Å². The van der Waals surface area contributed by atoms with E-state index in [9.17, 15) is 14.4 Å². The topological polar surface area (TPSA) is 84.9 Å². The summed E-state index contributed by atoms with van der Waals surface area (Å²) < 4.78 is 10.2. The fourth-order valence-electron chi connectivity index (χ4n) is 2.05. The van der Waals surface area contributed by atoms with Crippen molar-refractivity contribution in [1.82, 2.24) is 10.2 Å². The first-order valence-electron chi connectivity index (χ1n) is 9.01. The third kappa shape index (κ3) is 8.87. The average molecular weight is 370 g/mol. The van der Waals surface area contributed by atoms with Gasteiger partial charge in [0.1, 0.15) is 11.6 Å². The van der Waals surface area contributed by atoms with Crippen LogP contribution < -0.4 is 5.32 Å². The fourth-order valence-corrected chi connectivity index (χ4v) is 2.05. The minimum absolute atomic E-state index is 0.0624. The highest BCUT2D eigenvalue weighted by atomic mass is 16.6. The van der Waals surface area contributed by atoms with Crippen LogP contribution in [0.5, 0.6) is 0 Å². The molecule has 0 aliphatic carbocycles. The Hall–Kier alpha value is -2.05. The molecule has 2 atom stereocenters. The van der Waals surface area contributed by atoms with Crippen molar-refractivity contribution < 1.29 is 23.9 Å². The number of amides is 2. The highest BCUT2D eigenvalue weighted by Gasteiger charge is 2.30. The van der Waals surface area contributed by atoms with Crippen molar-refractivity contribution in [2.75, 3.05) is 20.2 Å². The SMILES string of the molecule is CCOC(=O)/C(C)=C/CN(C)C(=O)C(NC(=O)OC(C)(C)C)C(C)CC. The van der Waals surface area contributed by atoms with E-state index in [-0.39, 0.29) is 18.4 Å². The number of rotatable bonds is 8. The number of ether oxygens (including phenoxy) is 2. The monoisotopic (exact) mass is 370 g/mol. The molecule has 0 aromatic carbocycles. The Balaban J connectivity index is 5.04. The second-order valence-corrected chi connectivity index (χ2v) is 7.34. The zero-order valence-electron chi connectivity index (χ0n) is 17.3. The molecule has 2 unspecified atom stereocenters. The highest BCUT2D eigenvalue weighted by molar-refractivity contribution is 5.88. The van der Waals surface area contributed by atoms with Gasteiger partial charge in [-0.05, 0) is 40.5 Å². The minimum Gasteiger partial charge on any atom is -0.463 e. The van der Waals surface area contributed by atoms with E-state index < -0.39 is 23.7 Å². The number of hydrogen-bond acceptors (Lipinski definition) is 5. The molecule has 0 aliphatic rings. The first kappa shape index (κ1) is 23.9. The van der Waals surface area contributed by atoms with Gasteiger partial charge in [0.05, 0.1) is 6.61 Å². The van der Waals surface area contributed by atoms with E-state index in [1.807, 2.05) is 13.8 Å². The van der Waals surface area contributed by atoms with E-state index in [4.69, 9.17) is 9.47 Å². The van der Waals surface area contributed by atoms with Crippen LogP contribution in [0.25, 0.3) is 0 Å². The van der Waals surface area contributed by atoms with Gasteiger partial charge < -0.3 is 19.7 Å². The molecule has 150 valence electrons. The van der Waals surface area contributed by atoms with E-state index in [1.54, 1.807) is 47.7 Å². The van der Waals surface area contributed by atoms with Gasteiger partial charge >= 0.3 is 12.1 Å². The molecule has 26 heavy (non-hydrogen) atoms. The molecule has 0 aliphatic heterocycles. The Morgan fingerprint density at radius 1 is 1.19 bits per heavy atom. The molecule has 0 spiro atoms. The maximum Gasteiger partial charge on any atom is 0.408 e. The molecule has 7 heteroatoms. The summed E-state index contributed by atoms with van der Waals surface area (Å²) in [7, 11) is 1.63. The van der Waals surface area contributed by atoms with Crippen LogP contribution in [0.15, 0.2) is 11.6 Å². The lowest BCUT2D eigenvalue weighted by Crippen LogP contribution is -2.51. The molecule has 0 heterocycles. The lowest BCUT2D eigenvalue weighted by atomic mass is 9.98. The fraction of sp³-hybridized carbons (Fsp3) is 0.737. The van der Waals surface area contributed by atoms with Crippen molar-refractivity contribution in [3.05, 3.63) is 11.6 Å². The number of nitrogens with zero attached hydrogens (tertiary/aromatic N) is 1. The Bertz CT molecular complexity index is 523. The van der Waals surface area contributed by atoms with Gasteiger partial charge in [-0.1, -0.05) is 26.3 Å². The van der Waals surface area contributed by atoms with Gasteiger partial charge in [-0.2, -0.15) is 0 Å². The zero-order valence-corrected chi connectivity index (χ0v) is 17.3. The number of carbonyl (C=O) groups is 3. The molecule has 0 fully saturated rings. The first-order chi connectivity index (χ1) is 11.9. The summed E-state index contributed by atoms with van der Waals surface area (Å²) in [6, 6.07) is -0.698. The molecule has 0 rings (SSSR count).